The number of rotatable bonds is 5. The van der Waals surface area contributed by atoms with Gasteiger partial charge in [-0.25, -0.2) is 0 Å². The van der Waals surface area contributed by atoms with Gasteiger partial charge < -0.3 is 14.7 Å². The fourth-order valence-electron chi connectivity index (χ4n) is 2.04. The Morgan fingerprint density at radius 3 is 2.67 bits per heavy atom. The first-order valence-corrected chi connectivity index (χ1v) is 6.25. The molecule has 1 aliphatic rings. The number of para-hydroxylation sites is 1. The lowest BCUT2D eigenvalue weighted by molar-refractivity contribution is -0.152. The van der Waals surface area contributed by atoms with Crippen LogP contribution in [0.2, 0.25) is 0 Å². The fourth-order valence-corrected chi connectivity index (χ4v) is 2.04. The van der Waals surface area contributed by atoms with E-state index in [2.05, 4.69) is 0 Å². The van der Waals surface area contributed by atoms with E-state index in [1.165, 1.54) is 0 Å². The Balaban J connectivity index is 1.60. The van der Waals surface area contributed by atoms with Crippen molar-refractivity contribution in [3.05, 3.63) is 30.3 Å². The molecule has 1 heterocycles. The van der Waals surface area contributed by atoms with Gasteiger partial charge in [-0.3, -0.25) is 4.79 Å². The molecule has 1 aromatic rings. The van der Waals surface area contributed by atoms with Gasteiger partial charge in [0.15, 0.2) is 0 Å². The first kappa shape index (κ1) is 12.9. The molecule has 0 saturated carbocycles. The molecule has 4 heteroatoms. The van der Waals surface area contributed by atoms with Crippen molar-refractivity contribution in [3.8, 4) is 5.75 Å². The number of hydrogen-bond acceptors (Lipinski definition) is 3. The Labute approximate surface area is 107 Å². The second kappa shape index (κ2) is 5.40. The minimum absolute atomic E-state index is 0.0955. The molecule has 0 radical (unpaired) electrons. The Bertz CT molecular complexity index is 395. The first-order chi connectivity index (χ1) is 8.57. The maximum Gasteiger partial charge on any atom is 0.222 e. The molecule has 0 atom stereocenters. The lowest BCUT2D eigenvalue weighted by Gasteiger charge is -2.44. The quantitative estimate of drug-likeness (QED) is 0.803. The minimum atomic E-state index is -0.684. The van der Waals surface area contributed by atoms with Gasteiger partial charge in [0.2, 0.25) is 5.91 Å². The van der Waals surface area contributed by atoms with Crippen molar-refractivity contribution >= 4 is 5.91 Å². The summed E-state index contributed by atoms with van der Waals surface area (Å²) >= 11 is 0. The zero-order valence-corrected chi connectivity index (χ0v) is 10.6. The minimum Gasteiger partial charge on any atom is -0.494 e. The van der Waals surface area contributed by atoms with Crippen molar-refractivity contribution < 1.29 is 14.6 Å². The number of carbonyl (C=O) groups is 1. The topological polar surface area (TPSA) is 49.8 Å². The number of benzene rings is 1. The number of β-amino-alcohol motifs (C(OH)–C–C–N with tert-alkyl or cyclic N) is 1. The molecule has 1 aliphatic heterocycles. The van der Waals surface area contributed by atoms with E-state index in [0.29, 0.717) is 32.5 Å². The van der Waals surface area contributed by atoms with Gasteiger partial charge in [-0.1, -0.05) is 18.2 Å². The normalized spacial score (nSPS) is 17.1. The summed E-state index contributed by atoms with van der Waals surface area (Å²) in [6, 6.07) is 9.57. The maximum absolute atomic E-state index is 11.7. The predicted molar refractivity (Wildman–Crippen MR) is 68.4 cm³/mol. The van der Waals surface area contributed by atoms with E-state index < -0.39 is 5.60 Å². The van der Waals surface area contributed by atoms with Crippen molar-refractivity contribution in [3.63, 3.8) is 0 Å². The Morgan fingerprint density at radius 2 is 2.06 bits per heavy atom. The second-order valence-corrected chi connectivity index (χ2v) is 5.01. The lowest BCUT2D eigenvalue weighted by atomic mass is 9.96. The fraction of sp³-hybridized carbons (Fsp3) is 0.500. The van der Waals surface area contributed by atoms with Gasteiger partial charge in [0.25, 0.3) is 0 Å². The van der Waals surface area contributed by atoms with Crippen LogP contribution in [0.25, 0.3) is 0 Å². The monoisotopic (exact) mass is 249 g/mol. The van der Waals surface area contributed by atoms with Crippen LogP contribution in [0.1, 0.15) is 19.8 Å². The summed E-state index contributed by atoms with van der Waals surface area (Å²) in [6.07, 6.45) is 1.18. The smallest absolute Gasteiger partial charge is 0.222 e. The Hall–Kier alpha value is -1.55. The number of amides is 1. The molecule has 4 nitrogen and oxygen atoms in total. The van der Waals surface area contributed by atoms with Gasteiger partial charge in [0.05, 0.1) is 25.3 Å². The molecule has 0 bridgehead atoms. The van der Waals surface area contributed by atoms with Gasteiger partial charge in [0.1, 0.15) is 5.75 Å². The molecule has 0 unspecified atom stereocenters. The highest BCUT2D eigenvalue weighted by atomic mass is 16.5. The van der Waals surface area contributed by atoms with E-state index in [0.717, 1.165) is 5.75 Å². The maximum atomic E-state index is 11.7. The van der Waals surface area contributed by atoms with Gasteiger partial charge in [-0.2, -0.15) is 0 Å². The molecule has 2 rings (SSSR count). The van der Waals surface area contributed by atoms with Crippen molar-refractivity contribution in [1.29, 1.82) is 0 Å². The summed E-state index contributed by atoms with van der Waals surface area (Å²) in [4.78, 5) is 13.4. The van der Waals surface area contributed by atoms with Crippen LogP contribution >= 0.6 is 0 Å². The SMILES string of the molecule is CC1(O)CN(C(=O)CCCOc2ccccc2)C1. The largest absolute Gasteiger partial charge is 0.494 e. The molecule has 1 N–H and O–H groups in total. The summed E-state index contributed by atoms with van der Waals surface area (Å²) in [5.74, 6) is 0.926. The molecule has 0 aliphatic carbocycles. The molecule has 18 heavy (non-hydrogen) atoms. The van der Waals surface area contributed by atoms with Crippen molar-refractivity contribution in [2.45, 2.75) is 25.4 Å². The zero-order valence-electron chi connectivity index (χ0n) is 10.6. The summed E-state index contributed by atoms with van der Waals surface area (Å²) in [5.41, 5.74) is -0.684. The summed E-state index contributed by atoms with van der Waals surface area (Å²) in [7, 11) is 0. The summed E-state index contributed by atoms with van der Waals surface area (Å²) in [6.45, 7) is 3.19. The van der Waals surface area contributed by atoms with Crippen LogP contribution < -0.4 is 4.74 Å². The van der Waals surface area contributed by atoms with E-state index >= 15 is 0 Å². The third-order valence-corrected chi connectivity index (χ3v) is 2.96. The van der Waals surface area contributed by atoms with E-state index in [9.17, 15) is 9.90 Å². The Kier molecular flexibility index (Phi) is 3.87. The average molecular weight is 249 g/mol. The van der Waals surface area contributed by atoms with E-state index in [4.69, 9.17) is 4.74 Å². The number of aliphatic hydroxyl groups is 1. The highest BCUT2D eigenvalue weighted by Gasteiger charge is 2.38. The standard InChI is InChI=1S/C14H19NO3/c1-14(17)10-15(11-14)13(16)8-5-9-18-12-6-3-2-4-7-12/h2-4,6-7,17H,5,8-11H2,1H3. The predicted octanol–water partition coefficient (Wildman–Crippen LogP) is 1.44. The van der Waals surface area contributed by atoms with E-state index in [1.54, 1.807) is 11.8 Å². The molecule has 1 fully saturated rings. The second-order valence-electron chi connectivity index (χ2n) is 5.01. The van der Waals surface area contributed by atoms with Crippen LogP contribution in [0.3, 0.4) is 0 Å². The Morgan fingerprint density at radius 1 is 1.39 bits per heavy atom. The lowest BCUT2D eigenvalue weighted by Crippen LogP contribution is -2.61. The zero-order chi connectivity index (χ0) is 13.0. The molecule has 1 saturated heterocycles. The molecular weight excluding hydrogens is 230 g/mol. The van der Waals surface area contributed by atoms with Crippen LogP contribution in [0, 0.1) is 0 Å². The van der Waals surface area contributed by atoms with Crippen molar-refractivity contribution in [1.82, 2.24) is 4.90 Å². The van der Waals surface area contributed by atoms with Gasteiger partial charge in [0, 0.05) is 6.42 Å². The van der Waals surface area contributed by atoms with Crippen molar-refractivity contribution in [2.24, 2.45) is 0 Å². The van der Waals surface area contributed by atoms with Gasteiger partial charge in [-0.05, 0) is 25.5 Å². The number of likely N-dealkylation sites (tertiary alicyclic amines) is 1. The van der Waals surface area contributed by atoms with Gasteiger partial charge in [-0.15, -0.1) is 0 Å². The van der Waals surface area contributed by atoms with Gasteiger partial charge >= 0.3 is 0 Å². The molecule has 1 amide bonds. The molecular formula is C14H19NO3. The molecule has 1 aromatic carbocycles. The van der Waals surface area contributed by atoms with Crippen LogP contribution in [0.5, 0.6) is 5.75 Å². The number of carbonyl (C=O) groups excluding carboxylic acids is 1. The van der Waals surface area contributed by atoms with Crippen LogP contribution in [0.4, 0.5) is 0 Å². The molecule has 0 spiro atoms. The highest BCUT2D eigenvalue weighted by molar-refractivity contribution is 5.77. The highest BCUT2D eigenvalue weighted by Crippen LogP contribution is 2.20. The van der Waals surface area contributed by atoms with E-state index in [-0.39, 0.29) is 5.91 Å². The van der Waals surface area contributed by atoms with Crippen molar-refractivity contribution in [2.75, 3.05) is 19.7 Å². The third-order valence-electron chi connectivity index (χ3n) is 2.96. The average Bonchev–Trinajstić information content (AvgIpc) is 2.32. The number of hydrogen-bond donors (Lipinski definition) is 1. The van der Waals surface area contributed by atoms with E-state index in [1.807, 2.05) is 30.3 Å². The van der Waals surface area contributed by atoms with Crippen LogP contribution in [0.15, 0.2) is 30.3 Å². The number of ether oxygens (including phenoxy) is 1. The van der Waals surface area contributed by atoms with Crippen LogP contribution in [-0.2, 0) is 4.79 Å². The molecule has 0 aromatic heterocycles. The summed E-state index contributed by atoms with van der Waals surface area (Å²) in [5, 5.41) is 9.53. The van der Waals surface area contributed by atoms with Crippen LogP contribution in [-0.4, -0.2) is 41.2 Å². The molecule has 98 valence electrons. The summed E-state index contributed by atoms with van der Waals surface area (Å²) < 4.78 is 5.51. The third kappa shape index (κ3) is 3.47. The number of nitrogens with zero attached hydrogens (tertiary/aromatic N) is 1. The first-order valence-electron chi connectivity index (χ1n) is 6.25.